The van der Waals surface area contributed by atoms with Crippen molar-refractivity contribution in [1.82, 2.24) is 4.98 Å². The standard InChI is InChI=1S/C12H9BrFN3O2/c13-8-6-7(4-5-9(8)14)19-11-3-1-2-10(16-11)12(15)17-18/h1-6,18H,(H2,15,17). The lowest BCUT2D eigenvalue weighted by Gasteiger charge is -2.06. The second kappa shape index (κ2) is 5.66. The van der Waals surface area contributed by atoms with E-state index in [2.05, 4.69) is 26.1 Å². The van der Waals surface area contributed by atoms with Crippen molar-refractivity contribution >= 4 is 21.8 Å². The average Bonchev–Trinajstić information content (AvgIpc) is 2.42. The predicted octanol–water partition coefficient (Wildman–Crippen LogP) is 2.87. The third kappa shape index (κ3) is 3.19. The van der Waals surface area contributed by atoms with Crippen molar-refractivity contribution in [2.24, 2.45) is 10.9 Å². The summed E-state index contributed by atoms with van der Waals surface area (Å²) in [5, 5.41) is 11.4. The van der Waals surface area contributed by atoms with E-state index in [-0.39, 0.29) is 27.7 Å². The predicted molar refractivity (Wildman–Crippen MR) is 70.9 cm³/mol. The van der Waals surface area contributed by atoms with Gasteiger partial charge in [-0.15, -0.1) is 0 Å². The number of amidine groups is 1. The Balaban J connectivity index is 2.26. The van der Waals surface area contributed by atoms with Crippen LogP contribution in [0.15, 0.2) is 46.0 Å². The Hall–Kier alpha value is -2.15. The number of oxime groups is 1. The van der Waals surface area contributed by atoms with Crippen molar-refractivity contribution in [3.63, 3.8) is 0 Å². The van der Waals surface area contributed by atoms with Crippen LogP contribution in [0, 0.1) is 5.82 Å². The number of pyridine rings is 1. The lowest BCUT2D eigenvalue weighted by Crippen LogP contribution is -2.14. The molecule has 1 aromatic heterocycles. The lowest BCUT2D eigenvalue weighted by atomic mass is 10.3. The monoisotopic (exact) mass is 325 g/mol. The summed E-state index contributed by atoms with van der Waals surface area (Å²) in [6, 6.07) is 9.04. The van der Waals surface area contributed by atoms with E-state index in [9.17, 15) is 4.39 Å². The minimum Gasteiger partial charge on any atom is -0.439 e. The molecule has 0 aliphatic heterocycles. The summed E-state index contributed by atoms with van der Waals surface area (Å²) >= 11 is 3.06. The molecule has 0 spiro atoms. The number of aromatic nitrogens is 1. The summed E-state index contributed by atoms with van der Waals surface area (Å²) in [6.45, 7) is 0. The third-order valence-corrected chi connectivity index (χ3v) is 2.81. The van der Waals surface area contributed by atoms with Gasteiger partial charge in [-0.05, 0) is 40.2 Å². The molecule has 0 atom stereocenters. The topological polar surface area (TPSA) is 80.7 Å². The van der Waals surface area contributed by atoms with Gasteiger partial charge in [-0.25, -0.2) is 9.37 Å². The molecule has 0 bridgehead atoms. The van der Waals surface area contributed by atoms with E-state index in [1.165, 1.54) is 18.2 Å². The minimum absolute atomic E-state index is 0.120. The number of hydrogen-bond donors (Lipinski definition) is 2. The quantitative estimate of drug-likeness (QED) is 0.393. The van der Waals surface area contributed by atoms with Gasteiger partial charge in [0.1, 0.15) is 17.3 Å². The van der Waals surface area contributed by atoms with Gasteiger partial charge in [0.25, 0.3) is 0 Å². The van der Waals surface area contributed by atoms with Crippen LogP contribution in [0.25, 0.3) is 0 Å². The van der Waals surface area contributed by atoms with Crippen LogP contribution in [-0.2, 0) is 0 Å². The molecule has 98 valence electrons. The Morgan fingerprint density at radius 2 is 2.16 bits per heavy atom. The Labute approximate surface area is 116 Å². The second-order valence-corrected chi connectivity index (χ2v) is 4.38. The molecule has 0 aliphatic carbocycles. The summed E-state index contributed by atoms with van der Waals surface area (Å²) in [5.41, 5.74) is 5.70. The fourth-order valence-corrected chi connectivity index (χ4v) is 1.68. The average molecular weight is 326 g/mol. The number of nitrogens with two attached hydrogens (primary N) is 1. The summed E-state index contributed by atoms with van der Waals surface area (Å²) in [4.78, 5) is 4.04. The van der Waals surface area contributed by atoms with Gasteiger partial charge in [-0.3, -0.25) is 0 Å². The highest BCUT2D eigenvalue weighted by molar-refractivity contribution is 9.10. The van der Waals surface area contributed by atoms with E-state index in [1.807, 2.05) is 0 Å². The van der Waals surface area contributed by atoms with Crippen LogP contribution in [0.5, 0.6) is 11.6 Å². The van der Waals surface area contributed by atoms with Crippen molar-refractivity contribution in [1.29, 1.82) is 0 Å². The van der Waals surface area contributed by atoms with Crippen LogP contribution in [-0.4, -0.2) is 16.0 Å². The van der Waals surface area contributed by atoms with E-state index in [0.29, 0.717) is 5.75 Å². The highest BCUT2D eigenvalue weighted by Crippen LogP contribution is 2.25. The number of halogens is 2. The van der Waals surface area contributed by atoms with Crippen LogP contribution in [0.4, 0.5) is 4.39 Å². The van der Waals surface area contributed by atoms with Crippen molar-refractivity contribution in [2.75, 3.05) is 0 Å². The van der Waals surface area contributed by atoms with Crippen LogP contribution >= 0.6 is 15.9 Å². The van der Waals surface area contributed by atoms with Crippen LogP contribution in [0.1, 0.15) is 5.69 Å². The number of rotatable bonds is 3. The molecule has 2 rings (SSSR count). The van der Waals surface area contributed by atoms with Gasteiger partial charge in [-0.2, -0.15) is 0 Å². The molecule has 0 aliphatic rings. The highest BCUT2D eigenvalue weighted by atomic mass is 79.9. The summed E-state index contributed by atoms with van der Waals surface area (Å²) in [7, 11) is 0. The van der Waals surface area contributed by atoms with E-state index in [4.69, 9.17) is 15.7 Å². The van der Waals surface area contributed by atoms with Gasteiger partial charge in [0.2, 0.25) is 5.88 Å². The number of benzene rings is 1. The fourth-order valence-electron chi connectivity index (χ4n) is 1.33. The molecule has 0 amide bonds. The van der Waals surface area contributed by atoms with Gasteiger partial charge in [0.15, 0.2) is 5.84 Å². The molecule has 1 heterocycles. The molecule has 0 unspecified atom stereocenters. The van der Waals surface area contributed by atoms with Crippen molar-refractivity contribution in [3.05, 3.63) is 52.4 Å². The molecule has 0 saturated heterocycles. The molecule has 0 saturated carbocycles. The van der Waals surface area contributed by atoms with Crippen LogP contribution < -0.4 is 10.5 Å². The second-order valence-electron chi connectivity index (χ2n) is 3.52. The first kappa shape index (κ1) is 13.3. The molecule has 7 heteroatoms. The van der Waals surface area contributed by atoms with Gasteiger partial charge in [-0.1, -0.05) is 11.2 Å². The molecule has 19 heavy (non-hydrogen) atoms. The first-order chi connectivity index (χ1) is 9.10. The first-order valence-corrected chi connectivity index (χ1v) is 5.97. The maximum absolute atomic E-state index is 13.1. The molecular formula is C12H9BrFN3O2. The molecule has 0 fully saturated rings. The normalized spacial score (nSPS) is 11.4. The van der Waals surface area contributed by atoms with Crippen molar-refractivity contribution in [2.45, 2.75) is 0 Å². The van der Waals surface area contributed by atoms with Crippen molar-refractivity contribution in [3.8, 4) is 11.6 Å². The minimum atomic E-state index is -0.384. The Kier molecular flexibility index (Phi) is 3.96. The van der Waals surface area contributed by atoms with Crippen LogP contribution in [0.2, 0.25) is 0 Å². The van der Waals surface area contributed by atoms with E-state index < -0.39 is 0 Å². The summed E-state index contributed by atoms with van der Waals surface area (Å²) in [5.74, 6) is 0.163. The van der Waals surface area contributed by atoms with Gasteiger partial charge < -0.3 is 15.7 Å². The smallest absolute Gasteiger partial charge is 0.219 e. The van der Waals surface area contributed by atoms with Crippen molar-refractivity contribution < 1.29 is 14.3 Å². The molecule has 0 radical (unpaired) electrons. The largest absolute Gasteiger partial charge is 0.439 e. The van der Waals surface area contributed by atoms with Gasteiger partial charge in [0, 0.05) is 6.07 Å². The Morgan fingerprint density at radius 1 is 1.37 bits per heavy atom. The highest BCUT2D eigenvalue weighted by Gasteiger charge is 2.06. The molecule has 5 nitrogen and oxygen atoms in total. The summed E-state index contributed by atoms with van der Waals surface area (Å²) in [6.07, 6.45) is 0. The third-order valence-electron chi connectivity index (χ3n) is 2.21. The van der Waals surface area contributed by atoms with E-state index in [1.54, 1.807) is 18.2 Å². The molecule has 1 aromatic carbocycles. The number of ether oxygens (including phenoxy) is 1. The fraction of sp³-hybridized carbons (Fsp3) is 0. The molecular weight excluding hydrogens is 317 g/mol. The molecule has 3 N–H and O–H groups in total. The Bertz CT molecular complexity index is 634. The maximum Gasteiger partial charge on any atom is 0.219 e. The van der Waals surface area contributed by atoms with Gasteiger partial charge >= 0.3 is 0 Å². The maximum atomic E-state index is 13.1. The number of hydrogen-bond acceptors (Lipinski definition) is 4. The summed E-state index contributed by atoms with van der Waals surface area (Å²) < 4.78 is 18.8. The molecule has 2 aromatic rings. The van der Waals surface area contributed by atoms with Crippen LogP contribution in [0.3, 0.4) is 0 Å². The first-order valence-electron chi connectivity index (χ1n) is 5.18. The zero-order valence-corrected chi connectivity index (χ0v) is 11.1. The Morgan fingerprint density at radius 3 is 2.84 bits per heavy atom. The zero-order valence-electron chi connectivity index (χ0n) is 9.55. The lowest BCUT2D eigenvalue weighted by molar-refractivity contribution is 0.318. The SMILES string of the molecule is N/C(=N/O)c1cccc(Oc2ccc(F)c(Br)c2)n1. The van der Waals surface area contributed by atoms with E-state index in [0.717, 1.165) is 0 Å². The van der Waals surface area contributed by atoms with E-state index >= 15 is 0 Å². The zero-order chi connectivity index (χ0) is 13.8. The number of nitrogens with zero attached hydrogens (tertiary/aromatic N) is 2. The van der Waals surface area contributed by atoms with Gasteiger partial charge in [0.05, 0.1) is 4.47 Å².